The zero-order valence-electron chi connectivity index (χ0n) is 17.9. The van der Waals surface area contributed by atoms with Crippen molar-refractivity contribution in [1.29, 1.82) is 0 Å². The molecule has 172 valence electrons. The van der Waals surface area contributed by atoms with Crippen molar-refractivity contribution < 1.29 is 22.8 Å². The number of alkyl halides is 3. The van der Waals surface area contributed by atoms with Crippen LogP contribution in [-0.2, 0) is 17.5 Å². The van der Waals surface area contributed by atoms with Gasteiger partial charge in [-0.25, -0.2) is 4.79 Å². The van der Waals surface area contributed by atoms with Gasteiger partial charge < -0.3 is 15.5 Å². The summed E-state index contributed by atoms with van der Waals surface area (Å²) in [6, 6.07) is 13.7. The molecular formula is C23H27F3N4O2. The standard InChI is InChI=1S/C23H27F3N4O2/c1-17(19-8-5-9-20(14-19)23(24,25)26)28-22(32)30-12-10-29(11-13-30)16-21(31)27-15-18-6-3-2-4-7-18/h2-9,14,17H,10-13,15-16H2,1H3,(H,27,31)(H,28,32). The number of nitrogens with one attached hydrogen (secondary N) is 2. The molecule has 1 unspecified atom stereocenters. The average Bonchev–Trinajstić information content (AvgIpc) is 2.78. The molecular weight excluding hydrogens is 421 g/mol. The van der Waals surface area contributed by atoms with E-state index >= 15 is 0 Å². The summed E-state index contributed by atoms with van der Waals surface area (Å²) in [5.41, 5.74) is 0.675. The minimum absolute atomic E-state index is 0.0788. The fourth-order valence-electron chi connectivity index (χ4n) is 3.51. The van der Waals surface area contributed by atoms with E-state index in [1.54, 1.807) is 17.9 Å². The van der Waals surface area contributed by atoms with E-state index in [1.807, 2.05) is 35.2 Å². The lowest BCUT2D eigenvalue weighted by atomic mass is 10.1. The van der Waals surface area contributed by atoms with E-state index in [0.29, 0.717) is 38.3 Å². The monoisotopic (exact) mass is 448 g/mol. The topological polar surface area (TPSA) is 64.7 Å². The number of carbonyl (C=O) groups excluding carboxylic acids is 2. The lowest BCUT2D eigenvalue weighted by molar-refractivity contribution is -0.137. The molecule has 3 amide bonds. The fraction of sp³-hybridized carbons (Fsp3) is 0.391. The van der Waals surface area contributed by atoms with Crippen molar-refractivity contribution in [3.05, 3.63) is 71.3 Å². The Morgan fingerprint density at radius 1 is 1.00 bits per heavy atom. The van der Waals surface area contributed by atoms with Crippen molar-refractivity contribution in [3.63, 3.8) is 0 Å². The van der Waals surface area contributed by atoms with Gasteiger partial charge in [-0.2, -0.15) is 13.2 Å². The number of halogens is 3. The van der Waals surface area contributed by atoms with Crippen LogP contribution in [0.5, 0.6) is 0 Å². The summed E-state index contributed by atoms with van der Waals surface area (Å²) in [4.78, 5) is 28.3. The summed E-state index contributed by atoms with van der Waals surface area (Å²) in [7, 11) is 0. The Hall–Kier alpha value is -3.07. The van der Waals surface area contributed by atoms with Gasteiger partial charge in [-0.15, -0.1) is 0 Å². The first-order valence-corrected chi connectivity index (χ1v) is 10.5. The van der Waals surface area contributed by atoms with E-state index in [2.05, 4.69) is 10.6 Å². The Balaban J connectivity index is 1.42. The molecule has 1 aliphatic heterocycles. The number of nitrogens with zero attached hydrogens (tertiary/aromatic N) is 2. The molecule has 9 heteroatoms. The highest BCUT2D eigenvalue weighted by molar-refractivity contribution is 5.78. The van der Waals surface area contributed by atoms with Crippen LogP contribution in [0.15, 0.2) is 54.6 Å². The zero-order chi connectivity index (χ0) is 23.1. The molecule has 1 saturated heterocycles. The summed E-state index contributed by atoms with van der Waals surface area (Å²) in [5.74, 6) is -0.0788. The lowest BCUT2D eigenvalue weighted by Gasteiger charge is -2.35. The molecule has 0 aliphatic carbocycles. The van der Waals surface area contributed by atoms with Gasteiger partial charge in [0.1, 0.15) is 0 Å². The minimum Gasteiger partial charge on any atom is -0.351 e. The largest absolute Gasteiger partial charge is 0.416 e. The molecule has 6 nitrogen and oxygen atoms in total. The number of amides is 3. The molecule has 1 atom stereocenters. The molecule has 1 heterocycles. The van der Waals surface area contributed by atoms with Crippen molar-refractivity contribution in [1.82, 2.24) is 20.4 Å². The number of urea groups is 1. The van der Waals surface area contributed by atoms with Crippen LogP contribution in [0.2, 0.25) is 0 Å². The van der Waals surface area contributed by atoms with Gasteiger partial charge in [0.05, 0.1) is 18.2 Å². The van der Waals surface area contributed by atoms with Crippen LogP contribution in [0.4, 0.5) is 18.0 Å². The maximum Gasteiger partial charge on any atom is 0.416 e. The Morgan fingerprint density at radius 3 is 2.34 bits per heavy atom. The van der Waals surface area contributed by atoms with E-state index in [0.717, 1.165) is 17.7 Å². The average molecular weight is 448 g/mol. The molecule has 1 fully saturated rings. The number of piperazine rings is 1. The summed E-state index contributed by atoms with van der Waals surface area (Å²) in [6.45, 7) is 4.34. The van der Waals surface area contributed by atoms with Crippen molar-refractivity contribution >= 4 is 11.9 Å². The first-order valence-electron chi connectivity index (χ1n) is 10.5. The summed E-state index contributed by atoms with van der Waals surface area (Å²) in [6.07, 6.45) is -4.43. The number of benzene rings is 2. The number of hydrogen-bond donors (Lipinski definition) is 2. The maximum atomic E-state index is 12.9. The molecule has 2 aromatic rings. The summed E-state index contributed by atoms with van der Waals surface area (Å²) >= 11 is 0. The second-order valence-electron chi connectivity index (χ2n) is 7.82. The van der Waals surface area contributed by atoms with Crippen LogP contribution in [-0.4, -0.2) is 54.5 Å². The Kier molecular flexibility index (Phi) is 7.74. The Bertz CT molecular complexity index is 913. The second kappa shape index (κ2) is 10.5. The van der Waals surface area contributed by atoms with Crippen LogP contribution >= 0.6 is 0 Å². The summed E-state index contributed by atoms with van der Waals surface area (Å²) in [5, 5.41) is 5.65. The molecule has 0 aromatic heterocycles. The zero-order valence-corrected chi connectivity index (χ0v) is 17.9. The number of rotatable bonds is 6. The molecule has 0 radical (unpaired) electrons. The first-order chi connectivity index (χ1) is 15.2. The van der Waals surface area contributed by atoms with Crippen LogP contribution in [0.25, 0.3) is 0 Å². The molecule has 3 rings (SSSR count). The quantitative estimate of drug-likeness (QED) is 0.712. The minimum atomic E-state index is -4.43. The van der Waals surface area contributed by atoms with Gasteiger partial charge in [0.2, 0.25) is 5.91 Å². The third-order valence-corrected chi connectivity index (χ3v) is 5.41. The van der Waals surface area contributed by atoms with Gasteiger partial charge in [-0.3, -0.25) is 9.69 Å². The third kappa shape index (κ3) is 6.71. The molecule has 2 aromatic carbocycles. The highest BCUT2D eigenvalue weighted by Crippen LogP contribution is 2.30. The summed E-state index contributed by atoms with van der Waals surface area (Å²) < 4.78 is 38.8. The van der Waals surface area contributed by atoms with Crippen molar-refractivity contribution in [2.45, 2.75) is 25.7 Å². The highest BCUT2D eigenvalue weighted by Gasteiger charge is 2.31. The molecule has 2 N–H and O–H groups in total. The molecule has 0 spiro atoms. The smallest absolute Gasteiger partial charge is 0.351 e. The van der Waals surface area contributed by atoms with Gasteiger partial charge >= 0.3 is 12.2 Å². The van der Waals surface area contributed by atoms with Crippen LogP contribution in [0.3, 0.4) is 0 Å². The number of carbonyl (C=O) groups is 2. The normalized spacial score (nSPS) is 15.8. The van der Waals surface area contributed by atoms with E-state index in [-0.39, 0.29) is 18.5 Å². The number of hydrogen-bond acceptors (Lipinski definition) is 3. The molecule has 0 bridgehead atoms. The van der Waals surface area contributed by atoms with Crippen LogP contribution in [0.1, 0.15) is 29.7 Å². The van der Waals surface area contributed by atoms with E-state index in [4.69, 9.17) is 0 Å². The maximum absolute atomic E-state index is 12.9. The predicted molar refractivity (Wildman–Crippen MR) is 115 cm³/mol. The lowest BCUT2D eigenvalue weighted by Crippen LogP contribution is -2.53. The Labute approximate surface area is 185 Å². The predicted octanol–water partition coefficient (Wildman–Crippen LogP) is 3.41. The van der Waals surface area contributed by atoms with Crippen molar-refractivity contribution in [2.75, 3.05) is 32.7 Å². The molecule has 1 aliphatic rings. The van der Waals surface area contributed by atoms with Crippen LogP contribution < -0.4 is 10.6 Å². The van der Waals surface area contributed by atoms with E-state index in [9.17, 15) is 22.8 Å². The SMILES string of the molecule is CC(NC(=O)N1CCN(CC(=O)NCc2ccccc2)CC1)c1cccc(C(F)(F)F)c1. The molecule has 0 saturated carbocycles. The van der Waals surface area contributed by atoms with Gasteiger partial charge in [-0.1, -0.05) is 42.5 Å². The second-order valence-corrected chi connectivity index (χ2v) is 7.82. The first kappa shape index (κ1) is 23.6. The van der Waals surface area contributed by atoms with Gasteiger partial charge in [0, 0.05) is 32.7 Å². The van der Waals surface area contributed by atoms with Gasteiger partial charge in [0.15, 0.2) is 0 Å². The third-order valence-electron chi connectivity index (χ3n) is 5.41. The fourth-order valence-corrected chi connectivity index (χ4v) is 3.51. The van der Waals surface area contributed by atoms with E-state index in [1.165, 1.54) is 6.07 Å². The Morgan fingerprint density at radius 2 is 1.69 bits per heavy atom. The van der Waals surface area contributed by atoms with Crippen LogP contribution in [0, 0.1) is 0 Å². The van der Waals surface area contributed by atoms with Crippen molar-refractivity contribution in [3.8, 4) is 0 Å². The van der Waals surface area contributed by atoms with Crippen molar-refractivity contribution in [2.24, 2.45) is 0 Å². The van der Waals surface area contributed by atoms with Gasteiger partial charge in [-0.05, 0) is 30.2 Å². The molecule has 32 heavy (non-hydrogen) atoms. The highest BCUT2D eigenvalue weighted by atomic mass is 19.4. The van der Waals surface area contributed by atoms with E-state index < -0.39 is 17.8 Å². The van der Waals surface area contributed by atoms with Gasteiger partial charge in [0.25, 0.3) is 0 Å².